The Kier molecular flexibility index (Phi) is 7.92. The van der Waals surface area contributed by atoms with Gasteiger partial charge in [-0.25, -0.2) is 8.60 Å². The Bertz CT molecular complexity index is 771. The summed E-state index contributed by atoms with van der Waals surface area (Å²) in [5.74, 6) is -4.47. The zero-order chi connectivity index (χ0) is 22.1. The summed E-state index contributed by atoms with van der Waals surface area (Å²) in [6.45, 7) is 13.4. The highest BCUT2D eigenvalue weighted by molar-refractivity contribution is 9.10. The number of hydrogen-bond acceptors (Lipinski definition) is 2. The first-order chi connectivity index (χ1) is 12.4. The molecule has 0 radical (unpaired) electrons. The van der Waals surface area contributed by atoms with Gasteiger partial charge in [-0.1, -0.05) is 36.7 Å². The number of benzene rings is 1. The first-order valence-electron chi connectivity index (χ1n) is 8.87. The van der Waals surface area contributed by atoms with Crippen LogP contribution in [0, 0.1) is 5.82 Å². The summed E-state index contributed by atoms with van der Waals surface area (Å²) in [6.07, 6.45) is 0. The molecular formula is C19H29BrF3NO2SSi. The minimum Gasteiger partial charge on any atom is -0.410 e. The van der Waals surface area contributed by atoms with Crippen molar-refractivity contribution < 1.29 is 21.8 Å². The second-order valence-electron chi connectivity index (χ2n) is 9.18. The smallest absolute Gasteiger partial charge is 0.312 e. The lowest BCUT2D eigenvalue weighted by atomic mass is 10.0. The molecule has 0 aromatic heterocycles. The van der Waals surface area contributed by atoms with Gasteiger partial charge in [-0.2, -0.15) is 13.2 Å². The second-order valence-corrected chi connectivity index (χ2v) is 16.8. The molecule has 1 aromatic carbocycles. The fraction of sp³-hybridized carbons (Fsp3) is 0.632. The molecule has 28 heavy (non-hydrogen) atoms. The van der Waals surface area contributed by atoms with Crippen LogP contribution in [0.15, 0.2) is 27.1 Å². The van der Waals surface area contributed by atoms with E-state index < -0.39 is 53.7 Å². The summed E-state index contributed by atoms with van der Waals surface area (Å²) in [4.78, 5) is 0. The molecule has 0 bridgehead atoms. The number of nitrogens with zero attached hydrogens (tertiary/aromatic N) is 1. The SMILES string of the molecule is CC(C)(C)S(=O)N=C(c1cc(Br)ccc1F)C(F)(F)CO[Si](C)(C)C(C)(C)C. The van der Waals surface area contributed by atoms with Crippen molar-refractivity contribution in [2.24, 2.45) is 4.40 Å². The van der Waals surface area contributed by atoms with Crippen molar-refractivity contribution in [1.29, 1.82) is 0 Å². The van der Waals surface area contributed by atoms with E-state index >= 15 is 8.78 Å². The number of rotatable bonds is 6. The summed E-state index contributed by atoms with van der Waals surface area (Å²) in [6, 6.07) is 3.69. The Morgan fingerprint density at radius 1 is 1.18 bits per heavy atom. The number of alkyl halides is 2. The predicted molar refractivity (Wildman–Crippen MR) is 117 cm³/mol. The van der Waals surface area contributed by atoms with Crippen molar-refractivity contribution in [2.75, 3.05) is 6.61 Å². The van der Waals surface area contributed by atoms with Crippen molar-refractivity contribution >= 4 is 40.9 Å². The molecule has 1 rings (SSSR count). The maximum Gasteiger partial charge on any atom is 0.312 e. The fourth-order valence-corrected chi connectivity index (χ4v) is 3.78. The molecule has 160 valence electrons. The lowest BCUT2D eigenvalue weighted by Crippen LogP contribution is -2.46. The molecule has 1 unspecified atom stereocenters. The minimum absolute atomic E-state index is 0.268. The topological polar surface area (TPSA) is 38.7 Å². The molecule has 0 spiro atoms. The molecule has 0 N–H and O–H groups in total. The van der Waals surface area contributed by atoms with Crippen molar-refractivity contribution in [2.45, 2.75) is 70.3 Å². The lowest BCUT2D eigenvalue weighted by Gasteiger charge is -2.37. The Balaban J connectivity index is 3.44. The molecular weight excluding hydrogens is 471 g/mol. The van der Waals surface area contributed by atoms with E-state index in [2.05, 4.69) is 20.3 Å². The van der Waals surface area contributed by atoms with Crippen molar-refractivity contribution in [3.63, 3.8) is 0 Å². The van der Waals surface area contributed by atoms with Crippen LogP contribution in [-0.4, -0.2) is 35.5 Å². The van der Waals surface area contributed by atoms with E-state index in [9.17, 15) is 8.60 Å². The molecule has 0 aliphatic carbocycles. The Labute approximate surface area is 178 Å². The molecule has 1 aromatic rings. The van der Waals surface area contributed by atoms with Crippen LogP contribution in [0.4, 0.5) is 13.2 Å². The molecule has 1 atom stereocenters. The standard InChI is InChI=1S/C19H29BrF3NO2SSi/c1-17(2,3)27(25)24-16(14-11-13(20)9-10-15(14)21)19(22,23)12-26-28(7,8)18(4,5)6/h9-11H,12H2,1-8H3. The van der Waals surface area contributed by atoms with Gasteiger partial charge < -0.3 is 4.43 Å². The molecule has 0 aliphatic heterocycles. The van der Waals surface area contributed by atoms with Crippen LogP contribution in [-0.2, 0) is 15.4 Å². The third-order valence-corrected chi connectivity index (χ3v) is 11.0. The Hall–Kier alpha value is -0.513. The predicted octanol–water partition coefficient (Wildman–Crippen LogP) is 6.50. The zero-order valence-corrected chi connectivity index (χ0v) is 21.0. The molecule has 3 nitrogen and oxygen atoms in total. The normalized spacial score (nSPS) is 15.6. The Morgan fingerprint density at radius 3 is 2.18 bits per heavy atom. The van der Waals surface area contributed by atoms with Crippen LogP contribution >= 0.6 is 15.9 Å². The van der Waals surface area contributed by atoms with E-state index in [0.717, 1.165) is 6.07 Å². The van der Waals surface area contributed by atoms with Crippen LogP contribution < -0.4 is 0 Å². The average Bonchev–Trinajstić information content (AvgIpc) is 2.51. The van der Waals surface area contributed by atoms with Gasteiger partial charge in [-0.05, 0) is 57.1 Å². The van der Waals surface area contributed by atoms with Crippen LogP contribution in [0.1, 0.15) is 47.1 Å². The van der Waals surface area contributed by atoms with Gasteiger partial charge in [0.25, 0.3) is 0 Å². The summed E-state index contributed by atoms with van der Waals surface area (Å²) in [7, 11) is -4.47. The highest BCUT2D eigenvalue weighted by Gasteiger charge is 2.45. The minimum atomic E-state index is -3.61. The average molecular weight is 500 g/mol. The summed E-state index contributed by atoms with van der Waals surface area (Å²) < 4.78 is 66.3. The Morgan fingerprint density at radius 2 is 1.71 bits per heavy atom. The molecule has 0 saturated heterocycles. The monoisotopic (exact) mass is 499 g/mol. The third kappa shape index (κ3) is 6.50. The molecule has 0 saturated carbocycles. The largest absolute Gasteiger partial charge is 0.410 e. The van der Waals surface area contributed by atoms with Gasteiger partial charge in [-0.3, -0.25) is 0 Å². The van der Waals surface area contributed by atoms with Crippen molar-refractivity contribution in [1.82, 2.24) is 0 Å². The maximum atomic E-state index is 15.2. The molecule has 9 heteroatoms. The van der Waals surface area contributed by atoms with Crippen LogP contribution in [0.5, 0.6) is 0 Å². The highest BCUT2D eigenvalue weighted by Crippen LogP contribution is 2.38. The summed E-state index contributed by atoms with van der Waals surface area (Å²) >= 11 is 3.17. The van der Waals surface area contributed by atoms with Gasteiger partial charge in [0.05, 0.1) is 4.75 Å². The summed E-state index contributed by atoms with van der Waals surface area (Å²) in [5.41, 5.74) is -1.26. The van der Waals surface area contributed by atoms with Gasteiger partial charge in [0.2, 0.25) is 0 Å². The van der Waals surface area contributed by atoms with Gasteiger partial charge in [0, 0.05) is 10.0 Å². The lowest BCUT2D eigenvalue weighted by molar-refractivity contribution is 0.0194. The van der Waals surface area contributed by atoms with Gasteiger partial charge in [0.15, 0.2) is 8.32 Å². The number of hydrogen-bond donors (Lipinski definition) is 0. The van der Waals surface area contributed by atoms with E-state index in [-0.39, 0.29) is 5.04 Å². The van der Waals surface area contributed by atoms with E-state index in [0.29, 0.717) is 4.47 Å². The van der Waals surface area contributed by atoms with Crippen LogP contribution in [0.3, 0.4) is 0 Å². The van der Waals surface area contributed by atoms with E-state index in [4.69, 9.17) is 4.43 Å². The molecule has 0 aliphatic rings. The molecule has 0 heterocycles. The maximum absolute atomic E-state index is 15.2. The fourth-order valence-electron chi connectivity index (χ4n) is 1.77. The van der Waals surface area contributed by atoms with Crippen LogP contribution in [0.25, 0.3) is 0 Å². The first-order valence-corrected chi connectivity index (χ1v) is 13.7. The zero-order valence-electron chi connectivity index (χ0n) is 17.6. The van der Waals surface area contributed by atoms with E-state index in [1.165, 1.54) is 12.1 Å². The van der Waals surface area contributed by atoms with Crippen LogP contribution in [0.2, 0.25) is 18.1 Å². The van der Waals surface area contributed by atoms with E-state index in [1.807, 2.05) is 33.9 Å². The summed E-state index contributed by atoms with van der Waals surface area (Å²) in [5, 5.41) is -0.268. The molecule has 0 fully saturated rings. The molecule has 0 amide bonds. The number of halogens is 4. The second kappa shape index (κ2) is 8.69. The van der Waals surface area contributed by atoms with Crippen molar-refractivity contribution in [3.8, 4) is 0 Å². The van der Waals surface area contributed by atoms with Gasteiger partial charge in [0.1, 0.15) is 29.1 Å². The van der Waals surface area contributed by atoms with Gasteiger partial charge in [-0.15, -0.1) is 0 Å². The first kappa shape index (κ1) is 25.5. The van der Waals surface area contributed by atoms with Gasteiger partial charge >= 0.3 is 5.92 Å². The van der Waals surface area contributed by atoms with Crippen molar-refractivity contribution in [3.05, 3.63) is 34.1 Å². The highest BCUT2D eigenvalue weighted by atomic mass is 79.9. The third-order valence-electron chi connectivity index (χ3n) is 4.65. The quantitative estimate of drug-likeness (QED) is 0.331. The van der Waals surface area contributed by atoms with E-state index in [1.54, 1.807) is 20.8 Å².